The zero-order chi connectivity index (χ0) is 19.4. The number of imide groups is 1. The van der Waals surface area contributed by atoms with Crippen molar-refractivity contribution < 1.29 is 14.4 Å². The molecule has 2 saturated carbocycles. The van der Waals surface area contributed by atoms with Crippen LogP contribution in [-0.2, 0) is 9.59 Å². The Morgan fingerprint density at radius 1 is 0.929 bits per heavy atom. The number of amides is 3. The highest BCUT2D eigenvalue weighted by Crippen LogP contribution is 2.53. The van der Waals surface area contributed by atoms with Crippen molar-refractivity contribution in [3.05, 3.63) is 42.0 Å². The van der Waals surface area contributed by atoms with Crippen molar-refractivity contribution in [2.45, 2.75) is 44.6 Å². The molecule has 0 radical (unpaired) electrons. The van der Waals surface area contributed by atoms with Crippen LogP contribution in [0.3, 0.4) is 0 Å². The van der Waals surface area contributed by atoms with Gasteiger partial charge in [-0.2, -0.15) is 0 Å². The second-order valence-electron chi connectivity index (χ2n) is 8.77. The number of hydrogen-bond acceptors (Lipinski definition) is 3. The van der Waals surface area contributed by atoms with Crippen LogP contribution < -0.4 is 4.90 Å². The first-order chi connectivity index (χ1) is 13.6. The topological polar surface area (TPSA) is 57.7 Å². The van der Waals surface area contributed by atoms with E-state index in [1.807, 2.05) is 11.9 Å². The maximum Gasteiger partial charge on any atom is 0.253 e. The Morgan fingerprint density at radius 3 is 2.07 bits per heavy atom. The molecule has 146 valence electrons. The van der Waals surface area contributed by atoms with Gasteiger partial charge in [-0.25, -0.2) is 0 Å². The van der Waals surface area contributed by atoms with Crippen LogP contribution >= 0.6 is 0 Å². The van der Waals surface area contributed by atoms with E-state index >= 15 is 0 Å². The lowest BCUT2D eigenvalue weighted by atomic mass is 9.85. The van der Waals surface area contributed by atoms with Gasteiger partial charge in [0, 0.05) is 18.7 Å². The fraction of sp³-hybridized carbons (Fsp3) is 0.522. The highest BCUT2D eigenvalue weighted by molar-refractivity contribution is 6.22. The van der Waals surface area contributed by atoms with E-state index in [9.17, 15) is 14.4 Å². The highest BCUT2D eigenvalue weighted by Gasteiger charge is 2.59. The van der Waals surface area contributed by atoms with E-state index in [1.54, 1.807) is 24.3 Å². The van der Waals surface area contributed by atoms with E-state index in [4.69, 9.17) is 0 Å². The molecular formula is C23H26N2O3. The monoisotopic (exact) mass is 378 g/mol. The molecule has 1 saturated heterocycles. The molecule has 1 heterocycles. The number of hydrogen-bond donors (Lipinski definition) is 0. The fourth-order valence-electron chi connectivity index (χ4n) is 5.75. The van der Waals surface area contributed by atoms with Crippen LogP contribution in [0.15, 0.2) is 36.4 Å². The van der Waals surface area contributed by atoms with Gasteiger partial charge in [-0.1, -0.05) is 31.4 Å². The van der Waals surface area contributed by atoms with E-state index in [2.05, 4.69) is 12.2 Å². The molecule has 1 aliphatic heterocycles. The number of nitrogens with zero attached hydrogens (tertiary/aromatic N) is 2. The first-order valence-electron chi connectivity index (χ1n) is 10.5. The van der Waals surface area contributed by atoms with Crippen molar-refractivity contribution in [3.8, 4) is 0 Å². The first kappa shape index (κ1) is 17.7. The van der Waals surface area contributed by atoms with E-state index < -0.39 is 0 Å². The van der Waals surface area contributed by atoms with Gasteiger partial charge in [-0.3, -0.25) is 19.3 Å². The number of rotatable bonds is 3. The molecule has 28 heavy (non-hydrogen) atoms. The number of allylic oxidation sites excluding steroid dienone is 2. The summed E-state index contributed by atoms with van der Waals surface area (Å²) >= 11 is 0. The standard InChI is InChI=1S/C23H26N2O3/c1-24(17-5-3-2-4-6-17)21(26)14-9-11-18(12-10-14)25-22(27)19-15-7-8-16(13-15)20(19)23(25)28/h7-12,15-17,19-20H,2-6,13H2,1H3/t15-,16+,19+,20-. The molecule has 3 fully saturated rings. The summed E-state index contributed by atoms with van der Waals surface area (Å²) in [6.07, 6.45) is 10.9. The molecule has 0 spiro atoms. The molecular weight excluding hydrogens is 352 g/mol. The average Bonchev–Trinajstić information content (AvgIpc) is 3.41. The van der Waals surface area contributed by atoms with E-state index in [-0.39, 0.29) is 41.4 Å². The molecule has 1 aromatic rings. The molecule has 5 heteroatoms. The lowest BCUT2D eigenvalue weighted by Gasteiger charge is -2.31. The van der Waals surface area contributed by atoms with Crippen LogP contribution in [0.5, 0.6) is 0 Å². The Morgan fingerprint density at radius 2 is 1.50 bits per heavy atom. The minimum atomic E-state index is -0.193. The number of fused-ring (bicyclic) bond motifs is 5. The Balaban J connectivity index is 1.34. The van der Waals surface area contributed by atoms with Crippen LogP contribution in [0.2, 0.25) is 0 Å². The van der Waals surface area contributed by atoms with Crippen LogP contribution in [0.4, 0.5) is 5.69 Å². The molecule has 4 aliphatic rings. The first-order valence-corrected chi connectivity index (χ1v) is 10.5. The summed E-state index contributed by atoms with van der Waals surface area (Å²) in [6.45, 7) is 0. The molecule has 5 nitrogen and oxygen atoms in total. The molecule has 3 amide bonds. The van der Waals surface area contributed by atoms with Gasteiger partial charge in [0.05, 0.1) is 17.5 Å². The van der Waals surface area contributed by atoms with Crippen molar-refractivity contribution in [1.29, 1.82) is 0 Å². The minimum absolute atomic E-state index is 0.0108. The predicted octanol–water partition coefficient (Wildman–Crippen LogP) is 3.40. The molecule has 0 aromatic heterocycles. The van der Waals surface area contributed by atoms with Crippen LogP contribution in [0.25, 0.3) is 0 Å². The summed E-state index contributed by atoms with van der Waals surface area (Å²) in [4.78, 5) is 41.9. The molecule has 2 bridgehead atoms. The lowest BCUT2D eigenvalue weighted by Crippen LogP contribution is -2.38. The second kappa shape index (κ2) is 6.57. The van der Waals surface area contributed by atoms with Gasteiger partial charge in [-0.15, -0.1) is 0 Å². The number of carbonyl (C=O) groups excluding carboxylic acids is 3. The highest BCUT2D eigenvalue weighted by atomic mass is 16.2. The third-order valence-corrected chi connectivity index (χ3v) is 7.29. The lowest BCUT2D eigenvalue weighted by molar-refractivity contribution is -0.123. The third kappa shape index (κ3) is 2.55. The van der Waals surface area contributed by atoms with Gasteiger partial charge < -0.3 is 4.90 Å². The zero-order valence-corrected chi connectivity index (χ0v) is 16.2. The zero-order valence-electron chi connectivity index (χ0n) is 16.2. The van der Waals surface area contributed by atoms with Crippen molar-refractivity contribution in [1.82, 2.24) is 4.90 Å². The fourth-order valence-corrected chi connectivity index (χ4v) is 5.75. The van der Waals surface area contributed by atoms with E-state index in [0.29, 0.717) is 17.3 Å². The average molecular weight is 378 g/mol. The second-order valence-corrected chi connectivity index (χ2v) is 8.77. The van der Waals surface area contributed by atoms with Gasteiger partial charge in [-0.05, 0) is 55.4 Å². The van der Waals surface area contributed by atoms with Gasteiger partial charge in [0.1, 0.15) is 0 Å². The summed E-state index contributed by atoms with van der Waals surface area (Å²) in [7, 11) is 1.88. The SMILES string of the molecule is CN(C(=O)c1ccc(N2C(=O)[C@@H]3[C@H](C2=O)[C@H]2C=C[C@@H]3C2)cc1)C1CCCCC1. The van der Waals surface area contributed by atoms with Crippen molar-refractivity contribution in [3.63, 3.8) is 0 Å². The van der Waals surface area contributed by atoms with E-state index in [1.165, 1.54) is 24.2 Å². The number of anilines is 1. The Bertz CT molecular complexity index is 823. The van der Waals surface area contributed by atoms with Gasteiger partial charge in [0.2, 0.25) is 11.8 Å². The van der Waals surface area contributed by atoms with Crippen LogP contribution in [0, 0.1) is 23.7 Å². The predicted molar refractivity (Wildman–Crippen MR) is 106 cm³/mol. The third-order valence-electron chi connectivity index (χ3n) is 7.29. The van der Waals surface area contributed by atoms with E-state index in [0.717, 1.165) is 19.3 Å². The molecule has 0 N–H and O–H groups in total. The molecule has 3 aliphatic carbocycles. The summed E-state index contributed by atoms with van der Waals surface area (Å²) in [6, 6.07) is 7.30. The quantitative estimate of drug-likeness (QED) is 0.598. The van der Waals surface area contributed by atoms with Gasteiger partial charge >= 0.3 is 0 Å². The molecule has 5 rings (SSSR count). The maximum absolute atomic E-state index is 12.9. The normalized spacial score (nSPS) is 31.5. The van der Waals surface area contributed by atoms with Crippen LogP contribution in [-0.4, -0.2) is 35.7 Å². The Kier molecular flexibility index (Phi) is 4.14. The summed E-state index contributed by atoms with van der Waals surface area (Å²) in [5.41, 5.74) is 1.19. The molecule has 0 unspecified atom stereocenters. The van der Waals surface area contributed by atoms with Crippen molar-refractivity contribution in [2.24, 2.45) is 23.7 Å². The van der Waals surface area contributed by atoms with Crippen molar-refractivity contribution >= 4 is 23.4 Å². The smallest absolute Gasteiger partial charge is 0.253 e. The summed E-state index contributed by atoms with van der Waals surface area (Å²) < 4.78 is 0. The van der Waals surface area contributed by atoms with Gasteiger partial charge in [0.25, 0.3) is 5.91 Å². The molecule has 1 aromatic carbocycles. The minimum Gasteiger partial charge on any atom is -0.339 e. The Hall–Kier alpha value is -2.43. The Labute approximate surface area is 165 Å². The summed E-state index contributed by atoms with van der Waals surface area (Å²) in [5.74, 6) is -0.113. The summed E-state index contributed by atoms with van der Waals surface area (Å²) in [5, 5.41) is 0. The maximum atomic E-state index is 12.9. The largest absolute Gasteiger partial charge is 0.339 e. The van der Waals surface area contributed by atoms with Crippen LogP contribution in [0.1, 0.15) is 48.9 Å². The number of carbonyl (C=O) groups is 3. The van der Waals surface area contributed by atoms with Gasteiger partial charge in [0.15, 0.2) is 0 Å². The van der Waals surface area contributed by atoms with Crippen molar-refractivity contribution in [2.75, 3.05) is 11.9 Å². The molecule has 4 atom stereocenters. The number of benzene rings is 1.